The molecular formula is C29H34Cl3N5O3. The molecule has 3 unspecified atom stereocenters. The highest BCUT2D eigenvalue weighted by Crippen LogP contribution is 2.34. The van der Waals surface area contributed by atoms with Crippen LogP contribution in [0.5, 0.6) is 0 Å². The Morgan fingerprint density at radius 1 is 1.15 bits per heavy atom. The lowest BCUT2D eigenvalue weighted by Gasteiger charge is -2.39. The predicted octanol–water partition coefficient (Wildman–Crippen LogP) is 6.77. The second kappa shape index (κ2) is 12.4. The second-order valence-electron chi connectivity index (χ2n) is 11.3. The van der Waals surface area contributed by atoms with Gasteiger partial charge in [0.1, 0.15) is 17.3 Å². The van der Waals surface area contributed by atoms with Crippen LogP contribution < -0.4 is 5.32 Å². The van der Waals surface area contributed by atoms with E-state index in [0.29, 0.717) is 46.6 Å². The van der Waals surface area contributed by atoms with Gasteiger partial charge in [0.05, 0.1) is 21.9 Å². The molecule has 0 bridgehead atoms. The van der Waals surface area contributed by atoms with Gasteiger partial charge in [-0.2, -0.15) is 0 Å². The summed E-state index contributed by atoms with van der Waals surface area (Å²) in [5.41, 5.74) is 2.69. The maximum atomic E-state index is 13.8. The molecule has 1 saturated heterocycles. The van der Waals surface area contributed by atoms with Crippen LogP contribution in [0.4, 0.5) is 4.79 Å². The number of aromatic nitrogens is 3. The van der Waals surface area contributed by atoms with E-state index >= 15 is 0 Å². The number of carbonyl (C=O) groups excluding carboxylic acids is 2. The summed E-state index contributed by atoms with van der Waals surface area (Å²) in [6.45, 7) is 9.91. The Morgan fingerprint density at radius 3 is 2.48 bits per heavy atom. The number of hydrogen-bond acceptors (Lipinski definition) is 5. The van der Waals surface area contributed by atoms with Gasteiger partial charge in [-0.05, 0) is 65.2 Å². The fraction of sp³-hybridized carbons (Fsp3) is 0.448. The number of halogens is 3. The molecule has 1 fully saturated rings. The van der Waals surface area contributed by atoms with E-state index in [-0.39, 0.29) is 17.9 Å². The molecule has 0 spiro atoms. The van der Waals surface area contributed by atoms with Gasteiger partial charge in [-0.25, -0.2) is 9.48 Å². The molecule has 1 aliphatic rings. The maximum Gasteiger partial charge on any atom is 0.408 e. The van der Waals surface area contributed by atoms with Crippen LogP contribution in [0.25, 0.3) is 5.69 Å². The molecule has 1 aliphatic heterocycles. The van der Waals surface area contributed by atoms with E-state index in [9.17, 15) is 9.59 Å². The van der Waals surface area contributed by atoms with E-state index in [1.807, 2.05) is 49.2 Å². The number of aryl methyl sites for hydroxylation is 1. The number of nitrogens with one attached hydrogen (secondary N) is 1. The number of rotatable bonds is 6. The lowest BCUT2D eigenvalue weighted by atomic mass is 9.88. The largest absolute Gasteiger partial charge is 0.444 e. The molecule has 4 rings (SSSR count). The molecule has 3 atom stereocenters. The number of nitrogens with zero attached hydrogens (tertiary/aromatic N) is 4. The minimum atomic E-state index is -0.759. The summed E-state index contributed by atoms with van der Waals surface area (Å²) in [6, 6.07) is 10.3. The van der Waals surface area contributed by atoms with Crippen LogP contribution in [0.2, 0.25) is 15.1 Å². The van der Waals surface area contributed by atoms with Crippen LogP contribution in [-0.4, -0.2) is 56.1 Å². The van der Waals surface area contributed by atoms with Gasteiger partial charge in [-0.15, -0.1) is 5.10 Å². The highest BCUT2D eigenvalue weighted by atomic mass is 35.5. The monoisotopic (exact) mass is 605 g/mol. The van der Waals surface area contributed by atoms with Gasteiger partial charge < -0.3 is 15.0 Å². The number of likely N-dealkylation sites (tertiary alicyclic amines) is 1. The van der Waals surface area contributed by atoms with Gasteiger partial charge in [-0.3, -0.25) is 4.79 Å². The van der Waals surface area contributed by atoms with Gasteiger partial charge in [0, 0.05) is 29.9 Å². The van der Waals surface area contributed by atoms with E-state index in [1.165, 1.54) is 0 Å². The summed E-state index contributed by atoms with van der Waals surface area (Å²) in [7, 11) is 0. The first-order valence-electron chi connectivity index (χ1n) is 13.2. The van der Waals surface area contributed by atoms with Crippen molar-refractivity contribution in [1.82, 2.24) is 25.2 Å². The van der Waals surface area contributed by atoms with Crippen molar-refractivity contribution in [3.8, 4) is 5.69 Å². The summed E-state index contributed by atoms with van der Waals surface area (Å²) in [5.74, 6) is -0.0478. The second-order valence-corrected chi connectivity index (χ2v) is 12.6. The van der Waals surface area contributed by atoms with Crippen molar-refractivity contribution < 1.29 is 14.3 Å². The van der Waals surface area contributed by atoms with Crippen molar-refractivity contribution >= 4 is 46.8 Å². The summed E-state index contributed by atoms with van der Waals surface area (Å²) in [5, 5.41) is 12.6. The zero-order chi connectivity index (χ0) is 29.2. The lowest BCUT2D eigenvalue weighted by molar-refractivity contribution is -0.137. The van der Waals surface area contributed by atoms with Crippen LogP contribution >= 0.6 is 34.8 Å². The molecule has 8 nitrogen and oxygen atoms in total. The molecule has 3 aromatic rings. The first kappa shape index (κ1) is 30.2. The lowest BCUT2D eigenvalue weighted by Crippen LogP contribution is -2.54. The Labute approximate surface area is 249 Å². The standard InChI is InChI=1S/C29H34Cl3N5O3/c1-17-7-6-8-19(11-17)13-24(33-28(39)40-29(3,4)5)27(38)36-10-9-20(12-18(36)2)25-16-37(35-34-25)26-22(31)14-21(30)15-23(26)32/h6-8,11,14-16,18,20,24H,9-10,12-13H2,1-5H3,(H,33,39). The van der Waals surface area contributed by atoms with Crippen LogP contribution in [0.3, 0.4) is 0 Å². The molecular weight excluding hydrogens is 573 g/mol. The molecule has 0 saturated carbocycles. The Hall–Kier alpha value is -2.81. The van der Waals surface area contributed by atoms with Crippen molar-refractivity contribution in [1.29, 1.82) is 0 Å². The van der Waals surface area contributed by atoms with Gasteiger partial charge in [0.15, 0.2) is 0 Å². The van der Waals surface area contributed by atoms with E-state index < -0.39 is 17.7 Å². The van der Waals surface area contributed by atoms with E-state index in [2.05, 4.69) is 15.6 Å². The summed E-state index contributed by atoms with van der Waals surface area (Å²) >= 11 is 18.8. The number of carbonyl (C=O) groups is 2. The highest BCUT2D eigenvalue weighted by molar-refractivity contribution is 6.40. The van der Waals surface area contributed by atoms with Gasteiger partial charge >= 0.3 is 6.09 Å². The number of hydrogen-bond donors (Lipinski definition) is 1. The zero-order valence-electron chi connectivity index (χ0n) is 23.2. The van der Waals surface area contributed by atoms with E-state index in [0.717, 1.165) is 16.8 Å². The van der Waals surface area contributed by atoms with Crippen molar-refractivity contribution in [2.45, 2.75) is 77.5 Å². The smallest absolute Gasteiger partial charge is 0.408 e. The van der Waals surface area contributed by atoms with Gasteiger partial charge in [0.25, 0.3) is 0 Å². The molecule has 11 heteroatoms. The summed E-state index contributed by atoms with van der Waals surface area (Å²) < 4.78 is 7.02. The molecule has 0 aliphatic carbocycles. The Balaban J connectivity index is 1.48. The molecule has 1 aromatic heterocycles. The molecule has 40 heavy (non-hydrogen) atoms. The van der Waals surface area contributed by atoms with Crippen molar-refractivity contribution in [2.24, 2.45) is 0 Å². The quantitative estimate of drug-likeness (QED) is 0.335. The van der Waals surface area contributed by atoms with Crippen LogP contribution in [0.15, 0.2) is 42.6 Å². The Bertz CT molecular complexity index is 1360. The summed E-state index contributed by atoms with van der Waals surface area (Å²) in [6.07, 6.45) is 2.96. The fourth-order valence-electron chi connectivity index (χ4n) is 5.02. The number of alkyl carbamates (subject to hydrolysis) is 1. The maximum absolute atomic E-state index is 13.8. The normalized spacial score (nSPS) is 18.4. The third-order valence-corrected chi connectivity index (χ3v) is 7.61. The minimum Gasteiger partial charge on any atom is -0.444 e. The number of ether oxygens (including phenoxy) is 1. The van der Waals surface area contributed by atoms with Crippen LogP contribution in [0.1, 0.15) is 63.3 Å². The topological polar surface area (TPSA) is 89.4 Å². The van der Waals surface area contributed by atoms with Gasteiger partial charge in [0.2, 0.25) is 5.91 Å². The van der Waals surface area contributed by atoms with E-state index in [1.54, 1.807) is 37.6 Å². The van der Waals surface area contributed by atoms with Crippen LogP contribution in [0, 0.1) is 6.92 Å². The Morgan fingerprint density at radius 2 is 1.85 bits per heavy atom. The van der Waals surface area contributed by atoms with Crippen molar-refractivity contribution in [3.05, 3.63) is 74.5 Å². The molecule has 2 amide bonds. The average Bonchev–Trinajstić information content (AvgIpc) is 3.31. The number of amides is 2. The Kier molecular flexibility index (Phi) is 9.33. The van der Waals surface area contributed by atoms with Gasteiger partial charge in [-0.1, -0.05) is 69.8 Å². The minimum absolute atomic E-state index is 0.0837. The third kappa shape index (κ3) is 7.47. The molecule has 2 heterocycles. The third-order valence-electron chi connectivity index (χ3n) is 6.81. The fourth-order valence-corrected chi connectivity index (χ4v) is 6.01. The summed E-state index contributed by atoms with van der Waals surface area (Å²) in [4.78, 5) is 28.3. The molecule has 214 valence electrons. The van der Waals surface area contributed by atoms with Crippen molar-refractivity contribution in [3.63, 3.8) is 0 Å². The van der Waals surface area contributed by atoms with E-state index in [4.69, 9.17) is 39.5 Å². The predicted molar refractivity (Wildman–Crippen MR) is 158 cm³/mol. The SMILES string of the molecule is Cc1cccc(CC(NC(=O)OC(C)(C)C)C(=O)N2CCC(c3cn(-c4c(Cl)cc(Cl)cc4Cl)nn3)CC2C)c1. The van der Waals surface area contributed by atoms with Crippen LogP contribution in [-0.2, 0) is 16.0 Å². The average molecular weight is 607 g/mol. The first-order chi connectivity index (χ1) is 18.8. The molecule has 2 aromatic carbocycles. The first-order valence-corrected chi connectivity index (χ1v) is 14.4. The molecule has 0 radical (unpaired) electrons. The number of benzene rings is 2. The zero-order valence-corrected chi connectivity index (χ0v) is 25.5. The van der Waals surface area contributed by atoms with Crippen molar-refractivity contribution in [2.75, 3.05) is 6.54 Å². The number of piperidine rings is 1. The highest BCUT2D eigenvalue weighted by Gasteiger charge is 2.35. The molecule has 1 N–H and O–H groups in total.